The smallest absolute Gasteiger partial charge is 0.183 e. The number of nitrogens with zero attached hydrogens (tertiary/aromatic N) is 2. The molecule has 4 nitrogen and oxygen atoms in total. The first kappa shape index (κ1) is 12.9. The van der Waals surface area contributed by atoms with Crippen LogP contribution < -0.4 is 5.32 Å². The van der Waals surface area contributed by atoms with E-state index in [0.29, 0.717) is 0 Å². The van der Waals surface area contributed by atoms with E-state index in [1.807, 2.05) is 0 Å². The molecule has 96 valence electrons. The first-order valence-electron chi connectivity index (χ1n) is 6.61. The summed E-state index contributed by atoms with van der Waals surface area (Å²) in [7, 11) is 0. The SMILES string of the molecule is CCCNC1CCCC1CCSc1ncn[nH]1. The maximum Gasteiger partial charge on any atom is 0.183 e. The molecule has 1 fully saturated rings. The van der Waals surface area contributed by atoms with Gasteiger partial charge in [-0.2, -0.15) is 5.10 Å². The molecule has 2 N–H and O–H groups in total. The van der Waals surface area contributed by atoms with Gasteiger partial charge in [0.2, 0.25) is 0 Å². The Balaban J connectivity index is 1.67. The van der Waals surface area contributed by atoms with Crippen molar-refractivity contribution in [3.05, 3.63) is 6.33 Å². The molecule has 0 aliphatic heterocycles. The minimum atomic E-state index is 0.755. The zero-order valence-electron chi connectivity index (χ0n) is 10.5. The number of thioether (sulfide) groups is 1. The fourth-order valence-corrected chi connectivity index (χ4v) is 3.40. The second-order valence-corrected chi connectivity index (χ2v) is 5.76. The lowest BCUT2D eigenvalue weighted by Gasteiger charge is -2.20. The molecule has 0 saturated heterocycles. The molecule has 1 aliphatic rings. The van der Waals surface area contributed by atoms with Gasteiger partial charge in [-0.1, -0.05) is 25.1 Å². The molecule has 1 aromatic heterocycles. The molecular weight excluding hydrogens is 232 g/mol. The zero-order chi connectivity index (χ0) is 11.9. The Kier molecular flexibility index (Phi) is 5.32. The third-order valence-electron chi connectivity index (χ3n) is 3.44. The average molecular weight is 254 g/mol. The molecule has 1 aromatic rings. The Hall–Kier alpha value is -0.550. The van der Waals surface area contributed by atoms with Crippen molar-refractivity contribution in [1.82, 2.24) is 20.5 Å². The molecule has 5 heteroatoms. The summed E-state index contributed by atoms with van der Waals surface area (Å²) >= 11 is 1.78. The predicted octanol–water partition coefficient (Wildman–Crippen LogP) is 2.46. The zero-order valence-corrected chi connectivity index (χ0v) is 11.3. The van der Waals surface area contributed by atoms with Crippen LogP contribution in [0.3, 0.4) is 0 Å². The molecular formula is C12H22N4S. The molecule has 0 radical (unpaired) electrons. The molecule has 1 aliphatic carbocycles. The fraction of sp³-hybridized carbons (Fsp3) is 0.833. The molecule has 0 aromatic carbocycles. The summed E-state index contributed by atoms with van der Waals surface area (Å²) < 4.78 is 0. The van der Waals surface area contributed by atoms with Crippen LogP contribution in [0, 0.1) is 5.92 Å². The van der Waals surface area contributed by atoms with Gasteiger partial charge >= 0.3 is 0 Å². The van der Waals surface area contributed by atoms with Gasteiger partial charge in [-0.15, -0.1) is 0 Å². The summed E-state index contributed by atoms with van der Waals surface area (Å²) in [5, 5.41) is 11.4. The van der Waals surface area contributed by atoms with Crippen molar-refractivity contribution < 1.29 is 0 Å². The van der Waals surface area contributed by atoms with Gasteiger partial charge in [0, 0.05) is 11.8 Å². The summed E-state index contributed by atoms with van der Waals surface area (Å²) in [6.07, 6.45) is 8.22. The highest BCUT2D eigenvalue weighted by Crippen LogP contribution is 2.30. The van der Waals surface area contributed by atoms with E-state index in [1.54, 1.807) is 18.1 Å². The topological polar surface area (TPSA) is 53.6 Å². The maximum absolute atomic E-state index is 4.13. The largest absolute Gasteiger partial charge is 0.314 e. The Labute approximate surface area is 107 Å². The number of hydrogen-bond donors (Lipinski definition) is 2. The summed E-state index contributed by atoms with van der Waals surface area (Å²) in [6, 6.07) is 0.755. The summed E-state index contributed by atoms with van der Waals surface area (Å²) in [6.45, 7) is 3.40. The maximum atomic E-state index is 4.13. The van der Waals surface area contributed by atoms with Gasteiger partial charge in [-0.25, -0.2) is 4.98 Å². The minimum Gasteiger partial charge on any atom is -0.314 e. The van der Waals surface area contributed by atoms with Crippen LogP contribution in [0.25, 0.3) is 0 Å². The standard InChI is InChI=1S/C12H22N4S/c1-2-7-13-11-5-3-4-10(11)6-8-17-12-14-9-15-16-12/h9-11,13H,2-8H2,1H3,(H,14,15,16). The number of nitrogens with one attached hydrogen (secondary N) is 2. The lowest BCUT2D eigenvalue weighted by atomic mass is 10.0. The fourth-order valence-electron chi connectivity index (χ4n) is 2.55. The molecule has 17 heavy (non-hydrogen) atoms. The Morgan fingerprint density at radius 3 is 3.24 bits per heavy atom. The summed E-state index contributed by atoms with van der Waals surface area (Å²) in [5.41, 5.74) is 0. The van der Waals surface area contributed by atoms with Gasteiger partial charge in [0.05, 0.1) is 0 Å². The lowest BCUT2D eigenvalue weighted by molar-refractivity contribution is 0.393. The van der Waals surface area contributed by atoms with Crippen LogP contribution in [-0.4, -0.2) is 33.5 Å². The summed E-state index contributed by atoms with van der Waals surface area (Å²) in [5.74, 6) is 2.00. The predicted molar refractivity (Wildman–Crippen MR) is 71.1 cm³/mol. The Bertz CT molecular complexity index is 301. The van der Waals surface area contributed by atoms with Gasteiger partial charge in [0.25, 0.3) is 0 Å². The van der Waals surface area contributed by atoms with Crippen molar-refractivity contribution in [3.63, 3.8) is 0 Å². The van der Waals surface area contributed by atoms with E-state index in [4.69, 9.17) is 0 Å². The van der Waals surface area contributed by atoms with Gasteiger partial charge in [0.1, 0.15) is 6.33 Å². The first-order chi connectivity index (χ1) is 8.40. The number of H-pyrrole nitrogens is 1. The minimum absolute atomic E-state index is 0.755. The molecule has 1 heterocycles. The van der Waals surface area contributed by atoms with Gasteiger partial charge in [0.15, 0.2) is 5.16 Å². The van der Waals surface area contributed by atoms with Crippen molar-refractivity contribution in [3.8, 4) is 0 Å². The van der Waals surface area contributed by atoms with E-state index < -0.39 is 0 Å². The highest BCUT2D eigenvalue weighted by molar-refractivity contribution is 7.99. The Morgan fingerprint density at radius 2 is 2.47 bits per heavy atom. The van der Waals surface area contributed by atoms with Gasteiger partial charge < -0.3 is 5.32 Å². The number of hydrogen-bond acceptors (Lipinski definition) is 4. The lowest BCUT2D eigenvalue weighted by Crippen LogP contribution is -2.33. The average Bonchev–Trinajstić information content (AvgIpc) is 2.98. The third kappa shape index (κ3) is 4.00. The van der Waals surface area contributed by atoms with Crippen LogP contribution in [-0.2, 0) is 0 Å². The number of aromatic amines is 1. The highest BCUT2D eigenvalue weighted by atomic mass is 32.2. The van der Waals surface area contributed by atoms with E-state index in [9.17, 15) is 0 Å². The van der Waals surface area contributed by atoms with E-state index >= 15 is 0 Å². The second kappa shape index (κ2) is 7.01. The van der Waals surface area contributed by atoms with Crippen LogP contribution in [0.5, 0.6) is 0 Å². The number of aromatic nitrogens is 3. The van der Waals surface area contributed by atoms with Crippen LogP contribution in [0.2, 0.25) is 0 Å². The molecule has 0 amide bonds. The van der Waals surface area contributed by atoms with Crippen molar-refractivity contribution in [2.45, 2.75) is 50.2 Å². The van der Waals surface area contributed by atoms with Crippen LogP contribution in [0.1, 0.15) is 39.0 Å². The third-order valence-corrected chi connectivity index (χ3v) is 4.35. The van der Waals surface area contributed by atoms with E-state index in [2.05, 4.69) is 27.4 Å². The van der Waals surface area contributed by atoms with E-state index in [0.717, 1.165) is 29.4 Å². The molecule has 2 atom stereocenters. The quantitative estimate of drug-likeness (QED) is 0.734. The molecule has 2 unspecified atom stereocenters. The summed E-state index contributed by atoms with van der Waals surface area (Å²) in [4.78, 5) is 4.13. The first-order valence-corrected chi connectivity index (χ1v) is 7.60. The second-order valence-electron chi connectivity index (χ2n) is 4.68. The molecule has 1 saturated carbocycles. The highest BCUT2D eigenvalue weighted by Gasteiger charge is 2.25. The van der Waals surface area contributed by atoms with Crippen molar-refractivity contribution in [1.29, 1.82) is 0 Å². The van der Waals surface area contributed by atoms with Crippen molar-refractivity contribution >= 4 is 11.8 Å². The van der Waals surface area contributed by atoms with E-state index in [1.165, 1.54) is 32.1 Å². The normalized spacial score (nSPS) is 24.3. The van der Waals surface area contributed by atoms with E-state index in [-0.39, 0.29) is 0 Å². The number of rotatable bonds is 7. The Morgan fingerprint density at radius 1 is 1.53 bits per heavy atom. The van der Waals surface area contributed by atoms with Crippen LogP contribution in [0.15, 0.2) is 11.5 Å². The van der Waals surface area contributed by atoms with Crippen molar-refractivity contribution in [2.75, 3.05) is 12.3 Å². The van der Waals surface area contributed by atoms with Crippen LogP contribution in [0.4, 0.5) is 0 Å². The molecule has 0 bridgehead atoms. The molecule has 2 rings (SSSR count). The van der Waals surface area contributed by atoms with Gasteiger partial charge in [-0.3, -0.25) is 5.10 Å². The van der Waals surface area contributed by atoms with Crippen LogP contribution >= 0.6 is 11.8 Å². The monoisotopic (exact) mass is 254 g/mol. The van der Waals surface area contributed by atoms with Crippen molar-refractivity contribution in [2.24, 2.45) is 5.92 Å². The van der Waals surface area contributed by atoms with Gasteiger partial charge in [-0.05, 0) is 38.1 Å². The molecule has 0 spiro atoms.